The molecule has 144 valence electrons. The highest BCUT2D eigenvalue weighted by molar-refractivity contribution is 7.92. The maximum absolute atomic E-state index is 12.0. The first-order valence-corrected chi connectivity index (χ1v) is 11.4. The molecule has 2 aromatic carbocycles. The summed E-state index contributed by atoms with van der Waals surface area (Å²) in [5.41, 5.74) is 4.12. The summed E-state index contributed by atoms with van der Waals surface area (Å²) in [5.74, 6) is 0. The Morgan fingerprint density at radius 1 is 1.18 bits per heavy atom. The number of anilines is 1. The summed E-state index contributed by atoms with van der Waals surface area (Å²) < 4.78 is 25.5. The van der Waals surface area contributed by atoms with Crippen LogP contribution in [0.4, 0.5) is 11.4 Å². The van der Waals surface area contributed by atoms with Crippen molar-refractivity contribution in [2.45, 2.75) is 12.8 Å². The summed E-state index contributed by atoms with van der Waals surface area (Å²) in [6.45, 7) is 0.499. The molecule has 7 nitrogen and oxygen atoms in total. The maximum atomic E-state index is 12.0. The Morgan fingerprint density at radius 2 is 2.00 bits per heavy atom. The molecule has 0 unspecified atom stereocenters. The van der Waals surface area contributed by atoms with E-state index in [9.17, 15) is 18.5 Å². The number of nitro benzene ring substituents is 1. The molecule has 28 heavy (non-hydrogen) atoms. The van der Waals surface area contributed by atoms with Crippen LogP contribution >= 0.6 is 11.3 Å². The highest BCUT2D eigenvalue weighted by atomic mass is 32.2. The Labute approximate surface area is 166 Å². The second-order valence-electron chi connectivity index (χ2n) is 6.63. The minimum Gasteiger partial charge on any atom is -0.270 e. The van der Waals surface area contributed by atoms with Gasteiger partial charge in [-0.05, 0) is 30.5 Å². The second-order valence-corrected chi connectivity index (χ2v) is 9.39. The van der Waals surface area contributed by atoms with Crippen molar-refractivity contribution in [3.05, 3.63) is 63.5 Å². The van der Waals surface area contributed by atoms with Crippen molar-refractivity contribution in [1.29, 1.82) is 0 Å². The van der Waals surface area contributed by atoms with Crippen LogP contribution in [0.15, 0.2) is 47.8 Å². The molecule has 9 heteroatoms. The molecule has 0 amide bonds. The highest BCUT2D eigenvalue weighted by Gasteiger charge is 2.24. The molecule has 0 fully saturated rings. The van der Waals surface area contributed by atoms with Gasteiger partial charge in [-0.15, -0.1) is 11.3 Å². The predicted molar refractivity (Wildman–Crippen MR) is 110 cm³/mol. The van der Waals surface area contributed by atoms with Gasteiger partial charge in [-0.1, -0.05) is 18.2 Å². The lowest BCUT2D eigenvalue weighted by molar-refractivity contribution is -0.384. The Morgan fingerprint density at radius 3 is 2.75 bits per heavy atom. The molecular weight excluding hydrogens is 398 g/mol. The monoisotopic (exact) mass is 415 g/mol. The molecule has 0 radical (unpaired) electrons. The average Bonchev–Trinajstić information content (AvgIpc) is 3.16. The van der Waals surface area contributed by atoms with Crippen LogP contribution in [0.1, 0.15) is 12.0 Å². The summed E-state index contributed by atoms with van der Waals surface area (Å²) >= 11 is 1.42. The van der Waals surface area contributed by atoms with Gasteiger partial charge in [0.05, 0.1) is 22.6 Å². The van der Waals surface area contributed by atoms with Gasteiger partial charge >= 0.3 is 0 Å². The number of non-ortho nitro benzene ring substituents is 1. The fraction of sp³-hybridized carbons (Fsp3) is 0.211. The largest absolute Gasteiger partial charge is 0.270 e. The lowest BCUT2D eigenvalue weighted by atomic mass is 10.00. The lowest BCUT2D eigenvalue weighted by Crippen LogP contribution is -2.34. The molecule has 0 bridgehead atoms. The number of fused-ring (bicyclic) bond motifs is 1. The quantitative estimate of drug-likeness (QED) is 0.472. The van der Waals surface area contributed by atoms with Crippen molar-refractivity contribution in [1.82, 2.24) is 4.98 Å². The molecule has 0 saturated heterocycles. The standard InChI is InChI=1S/C19H17N3O4S2/c1-28(25,26)21-9-3-5-14-10-13(7-8-18(14)21)17-12-27-19(20-17)15-4-2-6-16(11-15)22(23)24/h2,4,6-8,10-12H,3,5,9H2,1H3. The zero-order chi connectivity index (χ0) is 19.9. The van der Waals surface area contributed by atoms with Crippen LogP contribution in [0.3, 0.4) is 0 Å². The maximum Gasteiger partial charge on any atom is 0.270 e. The third-order valence-electron chi connectivity index (χ3n) is 4.66. The predicted octanol–water partition coefficient (Wildman–Crippen LogP) is 4.10. The van der Waals surface area contributed by atoms with Gasteiger partial charge in [-0.2, -0.15) is 0 Å². The molecule has 0 N–H and O–H groups in total. The van der Waals surface area contributed by atoms with Crippen molar-refractivity contribution in [3.63, 3.8) is 0 Å². The van der Waals surface area contributed by atoms with Crippen molar-refractivity contribution >= 4 is 32.7 Å². The minimum absolute atomic E-state index is 0.0314. The molecule has 0 aliphatic carbocycles. The van der Waals surface area contributed by atoms with Crippen LogP contribution < -0.4 is 4.31 Å². The number of benzene rings is 2. The first-order chi connectivity index (χ1) is 13.3. The Bertz CT molecular complexity index is 1170. The third kappa shape index (κ3) is 3.50. The van der Waals surface area contributed by atoms with Crippen molar-refractivity contribution in [2.24, 2.45) is 0 Å². The van der Waals surface area contributed by atoms with E-state index in [4.69, 9.17) is 0 Å². The van der Waals surface area contributed by atoms with Gasteiger partial charge in [0, 0.05) is 35.2 Å². The first kappa shape index (κ1) is 18.6. The number of aryl methyl sites for hydroxylation is 1. The third-order valence-corrected chi connectivity index (χ3v) is 6.73. The SMILES string of the molecule is CS(=O)(=O)N1CCCc2cc(-c3csc(-c4cccc([N+](=O)[O-])c4)n3)ccc21. The summed E-state index contributed by atoms with van der Waals surface area (Å²) in [7, 11) is -3.30. The molecule has 0 saturated carbocycles. The normalized spacial score (nSPS) is 14.0. The first-order valence-electron chi connectivity index (χ1n) is 8.64. The van der Waals surface area contributed by atoms with E-state index in [0.29, 0.717) is 17.1 Å². The van der Waals surface area contributed by atoms with Gasteiger partial charge < -0.3 is 0 Å². The summed E-state index contributed by atoms with van der Waals surface area (Å²) in [5, 5.41) is 13.6. The minimum atomic E-state index is -3.30. The molecule has 3 aromatic rings. The molecule has 1 aliphatic heterocycles. The van der Waals surface area contributed by atoms with E-state index in [1.54, 1.807) is 12.1 Å². The zero-order valence-corrected chi connectivity index (χ0v) is 16.7. The van der Waals surface area contributed by atoms with Gasteiger partial charge in [-0.25, -0.2) is 13.4 Å². The summed E-state index contributed by atoms with van der Waals surface area (Å²) in [4.78, 5) is 15.2. The summed E-state index contributed by atoms with van der Waals surface area (Å²) in [6, 6.07) is 12.1. The van der Waals surface area contributed by atoms with Crippen LogP contribution in [-0.4, -0.2) is 31.1 Å². The number of sulfonamides is 1. The van der Waals surface area contributed by atoms with Gasteiger partial charge in [0.25, 0.3) is 5.69 Å². The highest BCUT2D eigenvalue weighted by Crippen LogP contribution is 2.35. The molecule has 0 spiro atoms. The Hall–Kier alpha value is -2.78. The van der Waals surface area contributed by atoms with E-state index in [1.807, 2.05) is 23.6 Å². The van der Waals surface area contributed by atoms with Crippen LogP contribution in [0, 0.1) is 10.1 Å². The number of thiazole rings is 1. The van der Waals surface area contributed by atoms with Gasteiger partial charge in [-0.3, -0.25) is 14.4 Å². The van der Waals surface area contributed by atoms with Crippen LogP contribution in [0.2, 0.25) is 0 Å². The van der Waals surface area contributed by atoms with Gasteiger partial charge in [0.1, 0.15) is 5.01 Å². The van der Waals surface area contributed by atoms with Crippen LogP contribution in [0.5, 0.6) is 0 Å². The molecular formula is C19H17N3O4S2. The smallest absolute Gasteiger partial charge is 0.270 e. The van der Waals surface area contributed by atoms with Crippen LogP contribution in [0.25, 0.3) is 21.8 Å². The molecule has 1 aliphatic rings. The van der Waals surface area contributed by atoms with E-state index in [1.165, 1.54) is 34.0 Å². The Kier molecular flexibility index (Phi) is 4.64. The van der Waals surface area contributed by atoms with Crippen molar-refractivity contribution < 1.29 is 13.3 Å². The van der Waals surface area contributed by atoms with E-state index in [0.717, 1.165) is 35.3 Å². The van der Waals surface area contributed by atoms with E-state index >= 15 is 0 Å². The number of hydrogen-bond donors (Lipinski definition) is 0. The van der Waals surface area contributed by atoms with Gasteiger partial charge in [0.2, 0.25) is 10.0 Å². The average molecular weight is 415 g/mol. The summed E-state index contributed by atoms with van der Waals surface area (Å²) in [6.07, 6.45) is 2.82. The fourth-order valence-corrected chi connectivity index (χ4v) is 5.18. The van der Waals surface area contributed by atoms with Crippen LogP contribution in [-0.2, 0) is 16.4 Å². The van der Waals surface area contributed by atoms with E-state index in [2.05, 4.69) is 4.98 Å². The second kappa shape index (κ2) is 6.99. The number of hydrogen-bond acceptors (Lipinski definition) is 6. The lowest BCUT2D eigenvalue weighted by Gasteiger charge is -2.29. The molecule has 0 atom stereocenters. The van der Waals surface area contributed by atoms with Crippen molar-refractivity contribution in [2.75, 3.05) is 17.1 Å². The number of rotatable bonds is 4. The van der Waals surface area contributed by atoms with Gasteiger partial charge in [0.15, 0.2) is 0 Å². The van der Waals surface area contributed by atoms with E-state index in [-0.39, 0.29) is 5.69 Å². The molecule has 2 heterocycles. The van der Waals surface area contributed by atoms with Crippen molar-refractivity contribution in [3.8, 4) is 21.8 Å². The number of aromatic nitrogens is 1. The number of nitro groups is 1. The zero-order valence-electron chi connectivity index (χ0n) is 15.0. The van der Waals surface area contributed by atoms with E-state index < -0.39 is 14.9 Å². The molecule has 1 aromatic heterocycles. The fourth-order valence-electron chi connectivity index (χ4n) is 3.36. The number of nitrogens with zero attached hydrogens (tertiary/aromatic N) is 3. The Balaban J connectivity index is 1.68. The molecule has 4 rings (SSSR count). The topological polar surface area (TPSA) is 93.4 Å².